The van der Waals surface area contributed by atoms with Gasteiger partial charge in [-0.2, -0.15) is 0 Å². The predicted octanol–water partition coefficient (Wildman–Crippen LogP) is 1.92. The van der Waals surface area contributed by atoms with Gasteiger partial charge in [0.25, 0.3) is 0 Å². The molecule has 1 aromatic heterocycles. The second kappa shape index (κ2) is 5.54. The second-order valence-corrected chi connectivity index (χ2v) is 7.22. The number of likely N-dealkylation sites (N-methyl/N-ethyl adjacent to an activating group) is 1. The van der Waals surface area contributed by atoms with Crippen LogP contribution in [0.2, 0.25) is 0 Å². The lowest BCUT2D eigenvalue weighted by Crippen LogP contribution is -2.50. The summed E-state index contributed by atoms with van der Waals surface area (Å²) in [7, 11) is 0. The van der Waals surface area contributed by atoms with Crippen LogP contribution in [0.1, 0.15) is 31.2 Å². The number of aryl methyl sites for hydroxylation is 1. The number of hydrogen-bond donors (Lipinski definition) is 2. The third-order valence-corrected chi connectivity index (χ3v) is 5.36. The number of hydrogen-bond acceptors (Lipinski definition) is 6. The molecule has 0 aromatic carbocycles. The van der Waals surface area contributed by atoms with Crippen molar-refractivity contribution in [3.05, 3.63) is 5.01 Å². The number of aromatic nitrogens is 2. The van der Waals surface area contributed by atoms with Gasteiger partial charge in [-0.3, -0.25) is 4.79 Å². The maximum atomic E-state index is 11.4. The molecule has 0 radical (unpaired) electrons. The van der Waals surface area contributed by atoms with E-state index in [1.165, 1.54) is 0 Å². The number of nitrogens with one attached hydrogen (secondary N) is 1. The molecule has 0 saturated heterocycles. The zero-order valence-corrected chi connectivity index (χ0v) is 12.1. The summed E-state index contributed by atoms with van der Waals surface area (Å²) in [6.45, 7) is 4.55. The molecule has 0 spiro atoms. The molecule has 2 rings (SSSR count). The van der Waals surface area contributed by atoms with Gasteiger partial charge in [0.1, 0.15) is 10.5 Å². The third-order valence-electron chi connectivity index (χ3n) is 3.17. The highest BCUT2D eigenvalue weighted by Crippen LogP contribution is 2.41. The summed E-state index contributed by atoms with van der Waals surface area (Å²) in [4.78, 5) is 11.4. The molecule has 0 aliphatic heterocycles. The average Bonchev–Trinajstić information content (AvgIpc) is 2.88. The Balaban J connectivity index is 2.00. The molecule has 1 heterocycles. The molecule has 1 aromatic rings. The summed E-state index contributed by atoms with van der Waals surface area (Å²) in [5.74, 6) is -0.735. The van der Waals surface area contributed by atoms with Crippen LogP contribution < -0.4 is 5.32 Å². The molecule has 100 valence electrons. The summed E-state index contributed by atoms with van der Waals surface area (Å²) in [5.41, 5.74) is -0.744. The van der Waals surface area contributed by atoms with Crippen LogP contribution in [-0.4, -0.2) is 38.6 Å². The minimum Gasteiger partial charge on any atom is -0.480 e. The Morgan fingerprint density at radius 1 is 1.67 bits per heavy atom. The monoisotopic (exact) mass is 287 g/mol. The summed E-state index contributed by atoms with van der Waals surface area (Å²) in [5, 5.41) is 21.8. The van der Waals surface area contributed by atoms with Crippen molar-refractivity contribution in [2.24, 2.45) is 0 Å². The number of carbonyl (C=O) groups is 1. The Morgan fingerprint density at radius 3 is 3.00 bits per heavy atom. The molecule has 18 heavy (non-hydrogen) atoms. The normalized spacial score (nSPS) is 27.6. The number of thioether (sulfide) groups is 1. The largest absolute Gasteiger partial charge is 0.480 e. The minimum absolute atomic E-state index is 0.312. The van der Waals surface area contributed by atoms with Crippen molar-refractivity contribution in [3.63, 3.8) is 0 Å². The molecular weight excluding hydrogens is 270 g/mol. The lowest BCUT2D eigenvalue weighted by Gasteiger charge is -2.25. The first-order chi connectivity index (χ1) is 8.55. The van der Waals surface area contributed by atoms with Crippen molar-refractivity contribution in [1.82, 2.24) is 15.5 Å². The molecule has 1 saturated carbocycles. The van der Waals surface area contributed by atoms with E-state index in [1.54, 1.807) is 23.1 Å². The van der Waals surface area contributed by atoms with Crippen LogP contribution in [0.5, 0.6) is 0 Å². The molecule has 1 aliphatic carbocycles. The number of carboxylic acid groups (broad SMARTS) is 1. The van der Waals surface area contributed by atoms with Gasteiger partial charge >= 0.3 is 5.97 Å². The van der Waals surface area contributed by atoms with E-state index in [4.69, 9.17) is 0 Å². The third kappa shape index (κ3) is 2.84. The van der Waals surface area contributed by atoms with Gasteiger partial charge in [0.2, 0.25) is 0 Å². The van der Waals surface area contributed by atoms with Crippen LogP contribution in [0.3, 0.4) is 0 Å². The first kappa shape index (κ1) is 13.8. The number of nitrogens with zero attached hydrogens (tertiary/aromatic N) is 2. The van der Waals surface area contributed by atoms with Crippen LogP contribution in [0.25, 0.3) is 0 Å². The van der Waals surface area contributed by atoms with Gasteiger partial charge in [-0.1, -0.05) is 30.0 Å². The van der Waals surface area contributed by atoms with Crippen LogP contribution in [-0.2, 0) is 4.79 Å². The SMILES string of the molecule is CCNC1(C(=O)O)CCC(Sc2nnc(C)s2)C1. The van der Waals surface area contributed by atoms with E-state index in [1.807, 2.05) is 13.8 Å². The zero-order valence-electron chi connectivity index (χ0n) is 10.5. The van der Waals surface area contributed by atoms with Gasteiger partial charge in [-0.05, 0) is 32.7 Å². The summed E-state index contributed by atoms with van der Waals surface area (Å²) in [6.07, 6.45) is 2.24. The van der Waals surface area contributed by atoms with E-state index in [0.29, 0.717) is 24.6 Å². The summed E-state index contributed by atoms with van der Waals surface area (Å²) >= 11 is 3.23. The topological polar surface area (TPSA) is 75.1 Å². The average molecular weight is 287 g/mol. The van der Waals surface area contributed by atoms with Crippen molar-refractivity contribution in [1.29, 1.82) is 0 Å². The van der Waals surface area contributed by atoms with Gasteiger partial charge in [-0.25, -0.2) is 0 Å². The summed E-state index contributed by atoms with van der Waals surface area (Å²) < 4.78 is 0.940. The van der Waals surface area contributed by atoms with Crippen LogP contribution in [0.4, 0.5) is 0 Å². The smallest absolute Gasteiger partial charge is 0.323 e. The van der Waals surface area contributed by atoms with Gasteiger partial charge in [-0.15, -0.1) is 10.2 Å². The molecule has 5 nitrogen and oxygen atoms in total. The fourth-order valence-electron chi connectivity index (χ4n) is 2.34. The maximum absolute atomic E-state index is 11.4. The van der Waals surface area contributed by atoms with Crippen LogP contribution >= 0.6 is 23.1 Å². The maximum Gasteiger partial charge on any atom is 0.323 e. The fraction of sp³-hybridized carbons (Fsp3) is 0.727. The molecule has 2 N–H and O–H groups in total. The highest BCUT2D eigenvalue weighted by atomic mass is 32.2. The van der Waals surface area contributed by atoms with Crippen molar-refractivity contribution in [3.8, 4) is 0 Å². The van der Waals surface area contributed by atoms with Gasteiger partial charge in [0, 0.05) is 5.25 Å². The molecule has 7 heteroatoms. The molecule has 1 aliphatic rings. The predicted molar refractivity (Wildman–Crippen MR) is 72.2 cm³/mol. The zero-order chi connectivity index (χ0) is 13.2. The van der Waals surface area contributed by atoms with E-state index < -0.39 is 11.5 Å². The Kier molecular flexibility index (Phi) is 4.24. The van der Waals surface area contributed by atoms with Gasteiger partial charge in [0.15, 0.2) is 4.34 Å². The molecule has 2 unspecified atom stereocenters. The minimum atomic E-state index is -0.744. The Hall–Kier alpha value is -0.660. The van der Waals surface area contributed by atoms with Crippen LogP contribution in [0, 0.1) is 6.92 Å². The van der Waals surface area contributed by atoms with E-state index >= 15 is 0 Å². The first-order valence-electron chi connectivity index (χ1n) is 6.01. The van der Waals surface area contributed by atoms with Gasteiger partial charge < -0.3 is 10.4 Å². The van der Waals surface area contributed by atoms with E-state index in [-0.39, 0.29) is 0 Å². The Morgan fingerprint density at radius 2 is 2.44 bits per heavy atom. The molecule has 0 bridgehead atoms. The quantitative estimate of drug-likeness (QED) is 0.862. The number of aliphatic carboxylic acids is 1. The molecule has 0 amide bonds. The highest BCUT2D eigenvalue weighted by molar-refractivity contribution is 8.01. The molecule has 1 fully saturated rings. The summed E-state index contributed by atoms with van der Waals surface area (Å²) in [6, 6.07) is 0. The van der Waals surface area contributed by atoms with Crippen molar-refractivity contribution in [2.75, 3.05) is 6.54 Å². The van der Waals surface area contributed by atoms with E-state index in [2.05, 4.69) is 15.5 Å². The second-order valence-electron chi connectivity index (χ2n) is 4.49. The lowest BCUT2D eigenvalue weighted by atomic mass is 9.98. The van der Waals surface area contributed by atoms with Crippen molar-refractivity contribution in [2.45, 2.75) is 48.2 Å². The Bertz CT molecular complexity index is 438. The Labute approximate surface area is 114 Å². The van der Waals surface area contributed by atoms with Gasteiger partial charge in [0.05, 0.1) is 0 Å². The first-order valence-corrected chi connectivity index (χ1v) is 7.70. The van der Waals surface area contributed by atoms with E-state index in [0.717, 1.165) is 15.8 Å². The standard InChI is InChI=1S/C11H17N3O2S2/c1-3-12-11(9(15)16)5-4-8(6-11)18-10-14-13-7(2)17-10/h8,12H,3-6H2,1-2H3,(H,15,16). The lowest BCUT2D eigenvalue weighted by molar-refractivity contribution is -0.144. The van der Waals surface area contributed by atoms with Crippen molar-refractivity contribution < 1.29 is 9.90 Å². The molecule has 2 atom stereocenters. The van der Waals surface area contributed by atoms with Crippen molar-refractivity contribution >= 4 is 29.1 Å². The fourth-order valence-corrected chi connectivity index (χ4v) is 4.69. The number of carboxylic acids is 1. The van der Waals surface area contributed by atoms with Crippen LogP contribution in [0.15, 0.2) is 4.34 Å². The van der Waals surface area contributed by atoms with E-state index in [9.17, 15) is 9.90 Å². The molecular formula is C11H17N3O2S2. The number of rotatable bonds is 5. The highest BCUT2D eigenvalue weighted by Gasteiger charge is 2.45.